The number of benzene rings is 1. The molecule has 1 aliphatic rings. The van der Waals surface area contributed by atoms with E-state index in [1.807, 2.05) is 0 Å². The highest BCUT2D eigenvalue weighted by Gasteiger charge is 2.30. The topological polar surface area (TPSA) is 44.1 Å². The van der Waals surface area contributed by atoms with Crippen molar-refractivity contribution in [2.24, 2.45) is 0 Å². The van der Waals surface area contributed by atoms with E-state index < -0.39 is 5.82 Å². The second kappa shape index (κ2) is 4.22. The number of nitrogens with zero attached hydrogens (tertiary/aromatic N) is 2. The molecule has 0 aliphatic carbocycles. The Morgan fingerprint density at radius 3 is 2.88 bits per heavy atom. The summed E-state index contributed by atoms with van der Waals surface area (Å²) in [5.41, 5.74) is 0.148. The van der Waals surface area contributed by atoms with E-state index >= 15 is 0 Å². The standard InChI is InChI=1S/C11H8BrFN2O/c12-8-4-10(16)15(6-8)9-3-1-2-7(5-14)11(9)13/h1-3,8H,4,6H2. The van der Waals surface area contributed by atoms with Gasteiger partial charge in [-0.1, -0.05) is 22.0 Å². The van der Waals surface area contributed by atoms with E-state index in [1.165, 1.54) is 17.0 Å². The van der Waals surface area contributed by atoms with Gasteiger partial charge in [-0.05, 0) is 12.1 Å². The largest absolute Gasteiger partial charge is 0.308 e. The number of halogens is 2. The lowest BCUT2D eigenvalue weighted by Gasteiger charge is -2.16. The normalized spacial score (nSPS) is 19.9. The number of anilines is 1. The number of hydrogen-bond donors (Lipinski definition) is 0. The molecule has 1 aromatic carbocycles. The molecule has 1 aliphatic heterocycles. The molecule has 3 nitrogen and oxygen atoms in total. The molecule has 0 spiro atoms. The predicted octanol–water partition coefficient (Wildman–Crippen LogP) is 2.20. The first kappa shape index (κ1) is 11.1. The van der Waals surface area contributed by atoms with Crippen molar-refractivity contribution >= 4 is 27.5 Å². The maximum absolute atomic E-state index is 13.8. The highest BCUT2D eigenvalue weighted by atomic mass is 79.9. The molecule has 1 fully saturated rings. The summed E-state index contributed by atoms with van der Waals surface area (Å²) in [6, 6.07) is 6.24. The highest BCUT2D eigenvalue weighted by Crippen LogP contribution is 2.28. The van der Waals surface area contributed by atoms with Crippen LogP contribution in [-0.4, -0.2) is 17.3 Å². The molecule has 1 saturated heterocycles. The molecule has 0 aromatic heterocycles. The van der Waals surface area contributed by atoms with E-state index in [4.69, 9.17) is 5.26 Å². The Morgan fingerprint density at radius 2 is 2.31 bits per heavy atom. The third kappa shape index (κ3) is 1.81. The number of carbonyl (C=O) groups excluding carboxylic acids is 1. The maximum Gasteiger partial charge on any atom is 0.228 e. The predicted molar refractivity (Wildman–Crippen MR) is 60.8 cm³/mol. The Hall–Kier alpha value is -1.41. The number of hydrogen-bond acceptors (Lipinski definition) is 2. The van der Waals surface area contributed by atoms with Crippen LogP contribution in [0.4, 0.5) is 10.1 Å². The van der Waals surface area contributed by atoms with Crippen LogP contribution in [-0.2, 0) is 4.79 Å². The second-order valence-corrected chi connectivity index (χ2v) is 4.85. The van der Waals surface area contributed by atoms with E-state index in [0.29, 0.717) is 13.0 Å². The fraction of sp³-hybridized carbons (Fsp3) is 0.273. The summed E-state index contributed by atoms with van der Waals surface area (Å²) < 4.78 is 13.8. The smallest absolute Gasteiger partial charge is 0.228 e. The SMILES string of the molecule is N#Cc1cccc(N2CC(Br)CC2=O)c1F. The minimum atomic E-state index is -0.625. The van der Waals surface area contributed by atoms with Crippen molar-refractivity contribution in [3.8, 4) is 6.07 Å². The van der Waals surface area contributed by atoms with Gasteiger partial charge in [-0.15, -0.1) is 0 Å². The second-order valence-electron chi connectivity index (χ2n) is 3.56. The van der Waals surface area contributed by atoms with Crippen molar-refractivity contribution in [3.63, 3.8) is 0 Å². The van der Waals surface area contributed by atoms with Crippen LogP contribution in [0, 0.1) is 17.1 Å². The molecule has 1 atom stereocenters. The zero-order valence-corrected chi connectivity index (χ0v) is 9.87. The molecule has 0 radical (unpaired) electrons. The summed E-state index contributed by atoms with van der Waals surface area (Å²) in [5, 5.41) is 8.70. The Morgan fingerprint density at radius 1 is 1.56 bits per heavy atom. The van der Waals surface area contributed by atoms with Crippen LogP contribution in [0.3, 0.4) is 0 Å². The van der Waals surface area contributed by atoms with Gasteiger partial charge in [0.2, 0.25) is 5.91 Å². The average Bonchev–Trinajstić information content (AvgIpc) is 2.58. The van der Waals surface area contributed by atoms with Crippen LogP contribution in [0.2, 0.25) is 0 Å². The average molecular weight is 283 g/mol. The first-order chi connectivity index (χ1) is 7.63. The lowest BCUT2D eigenvalue weighted by molar-refractivity contribution is -0.117. The molecule has 82 valence electrons. The van der Waals surface area contributed by atoms with Crippen LogP contribution in [0.5, 0.6) is 0 Å². The van der Waals surface area contributed by atoms with Gasteiger partial charge in [-0.25, -0.2) is 4.39 Å². The van der Waals surface area contributed by atoms with Crippen molar-refractivity contribution in [1.82, 2.24) is 0 Å². The van der Waals surface area contributed by atoms with E-state index in [0.717, 1.165) is 0 Å². The van der Waals surface area contributed by atoms with Gasteiger partial charge in [0.25, 0.3) is 0 Å². The molecule has 1 amide bonds. The van der Waals surface area contributed by atoms with E-state index in [-0.39, 0.29) is 22.0 Å². The third-order valence-corrected chi connectivity index (χ3v) is 3.08. The van der Waals surface area contributed by atoms with E-state index in [1.54, 1.807) is 12.1 Å². The fourth-order valence-corrected chi connectivity index (χ4v) is 2.28. The number of amides is 1. The molecular weight excluding hydrogens is 275 g/mol. The van der Waals surface area contributed by atoms with Gasteiger partial charge >= 0.3 is 0 Å². The van der Waals surface area contributed by atoms with Crippen LogP contribution in [0.25, 0.3) is 0 Å². The minimum absolute atomic E-state index is 0.0386. The highest BCUT2D eigenvalue weighted by molar-refractivity contribution is 9.09. The van der Waals surface area contributed by atoms with Gasteiger partial charge in [-0.3, -0.25) is 4.79 Å². The monoisotopic (exact) mass is 282 g/mol. The lowest BCUT2D eigenvalue weighted by atomic mass is 10.2. The summed E-state index contributed by atoms with van der Waals surface area (Å²) in [6.45, 7) is 0.435. The van der Waals surface area contributed by atoms with Crippen LogP contribution < -0.4 is 4.90 Å². The third-order valence-electron chi connectivity index (χ3n) is 2.47. The molecule has 1 unspecified atom stereocenters. The Labute approximate surface area is 101 Å². The van der Waals surface area contributed by atoms with Gasteiger partial charge in [0.05, 0.1) is 11.3 Å². The van der Waals surface area contributed by atoms with Crippen LogP contribution in [0.15, 0.2) is 18.2 Å². The summed E-state index contributed by atoms with van der Waals surface area (Å²) in [5.74, 6) is -0.754. The maximum atomic E-state index is 13.8. The van der Waals surface area contributed by atoms with Gasteiger partial charge in [0, 0.05) is 17.8 Å². The molecular formula is C11H8BrFN2O. The molecule has 1 aromatic rings. The van der Waals surface area contributed by atoms with Gasteiger partial charge in [-0.2, -0.15) is 5.26 Å². The number of alkyl halides is 1. The van der Waals surface area contributed by atoms with Crippen LogP contribution >= 0.6 is 15.9 Å². The van der Waals surface area contributed by atoms with E-state index in [9.17, 15) is 9.18 Å². The summed E-state index contributed by atoms with van der Waals surface area (Å²) in [7, 11) is 0. The van der Waals surface area contributed by atoms with Crippen molar-refractivity contribution in [3.05, 3.63) is 29.6 Å². The minimum Gasteiger partial charge on any atom is -0.308 e. The molecule has 2 rings (SSSR count). The molecule has 0 N–H and O–H groups in total. The number of rotatable bonds is 1. The van der Waals surface area contributed by atoms with E-state index in [2.05, 4.69) is 15.9 Å². The summed E-state index contributed by atoms with van der Waals surface area (Å²) in [6.07, 6.45) is 0.357. The molecule has 16 heavy (non-hydrogen) atoms. The molecule has 0 bridgehead atoms. The fourth-order valence-electron chi connectivity index (χ4n) is 1.71. The van der Waals surface area contributed by atoms with Gasteiger partial charge < -0.3 is 4.90 Å². The lowest BCUT2D eigenvalue weighted by Crippen LogP contribution is -2.25. The van der Waals surface area contributed by atoms with Crippen molar-refractivity contribution in [1.29, 1.82) is 5.26 Å². The first-order valence-electron chi connectivity index (χ1n) is 4.76. The first-order valence-corrected chi connectivity index (χ1v) is 5.68. The molecule has 1 heterocycles. The van der Waals surface area contributed by atoms with Crippen LogP contribution in [0.1, 0.15) is 12.0 Å². The number of carbonyl (C=O) groups is 1. The Balaban J connectivity index is 2.42. The zero-order chi connectivity index (χ0) is 11.7. The summed E-state index contributed by atoms with van der Waals surface area (Å²) in [4.78, 5) is 13.0. The Bertz CT molecular complexity index is 483. The molecule has 0 saturated carbocycles. The van der Waals surface area contributed by atoms with Crippen molar-refractivity contribution < 1.29 is 9.18 Å². The number of nitriles is 1. The van der Waals surface area contributed by atoms with Gasteiger partial charge in [0.15, 0.2) is 5.82 Å². The molecule has 5 heteroatoms. The Kier molecular flexibility index (Phi) is 2.92. The zero-order valence-electron chi connectivity index (χ0n) is 8.28. The van der Waals surface area contributed by atoms with Crippen molar-refractivity contribution in [2.75, 3.05) is 11.4 Å². The van der Waals surface area contributed by atoms with Crippen molar-refractivity contribution in [2.45, 2.75) is 11.2 Å². The van der Waals surface area contributed by atoms with Gasteiger partial charge in [0.1, 0.15) is 6.07 Å². The quantitative estimate of drug-likeness (QED) is 0.742. The summed E-state index contributed by atoms with van der Waals surface area (Å²) >= 11 is 3.33.